The molecule has 4 aliphatic rings. The van der Waals surface area contributed by atoms with E-state index in [-0.39, 0.29) is 35.3 Å². The Morgan fingerprint density at radius 1 is 0.857 bits per heavy atom. The summed E-state index contributed by atoms with van der Waals surface area (Å²) in [6, 6.07) is 36.2. The van der Waals surface area contributed by atoms with Crippen molar-refractivity contribution in [3.05, 3.63) is 136 Å². The van der Waals surface area contributed by atoms with Crippen LogP contribution in [-0.4, -0.2) is 72.9 Å². The zero-order valence-electron chi connectivity index (χ0n) is 32.3. The molecule has 290 valence electrons. The SMILES string of the molecule is CC(C)(C)[Si](OCC1=C2B(O)O[C@H](c3cc(Br)ccc3O)C[C@H]2[C@H]2C(=O)N(C3CCN(Cc4ccccc4)CC3)C(=O)[C@H]2C1)(c1ccccc1)c1ccccc1. The van der Waals surface area contributed by atoms with E-state index in [0.29, 0.717) is 23.9 Å². The fourth-order valence-electron chi connectivity index (χ4n) is 10.0. The normalized spacial score (nSPS) is 23.7. The predicted octanol–water partition coefficient (Wildman–Crippen LogP) is 6.79. The molecule has 8 rings (SSSR count). The smallest absolute Gasteiger partial charge is 0.487 e. The van der Waals surface area contributed by atoms with E-state index >= 15 is 0 Å². The Balaban J connectivity index is 1.14. The monoisotopic (exact) mass is 832 g/mol. The number of allylic oxidation sites excluding steroid dienone is 1. The van der Waals surface area contributed by atoms with Crippen LogP contribution < -0.4 is 10.4 Å². The maximum absolute atomic E-state index is 14.7. The Morgan fingerprint density at radius 3 is 2.07 bits per heavy atom. The third-order valence-electron chi connectivity index (χ3n) is 12.6. The highest BCUT2D eigenvalue weighted by molar-refractivity contribution is 9.10. The van der Waals surface area contributed by atoms with Gasteiger partial charge in [-0.25, -0.2) is 0 Å². The van der Waals surface area contributed by atoms with Crippen molar-refractivity contribution in [2.75, 3.05) is 19.7 Å². The summed E-state index contributed by atoms with van der Waals surface area (Å²) in [6.45, 7) is 9.31. The first-order valence-electron chi connectivity index (χ1n) is 19.9. The van der Waals surface area contributed by atoms with Gasteiger partial charge in [-0.05, 0) is 81.8 Å². The molecule has 11 heteroatoms. The average Bonchev–Trinajstić information content (AvgIpc) is 3.45. The van der Waals surface area contributed by atoms with Gasteiger partial charge in [-0.3, -0.25) is 19.4 Å². The van der Waals surface area contributed by atoms with E-state index in [0.717, 1.165) is 52.9 Å². The molecule has 2 amide bonds. The first kappa shape index (κ1) is 39.0. The van der Waals surface area contributed by atoms with Crippen LogP contribution in [0.2, 0.25) is 5.04 Å². The van der Waals surface area contributed by atoms with Gasteiger partial charge in [0.15, 0.2) is 0 Å². The van der Waals surface area contributed by atoms with Crippen molar-refractivity contribution in [1.29, 1.82) is 0 Å². The number of hydrogen-bond acceptors (Lipinski definition) is 7. The third kappa shape index (κ3) is 7.16. The van der Waals surface area contributed by atoms with E-state index in [2.05, 4.69) is 114 Å². The highest BCUT2D eigenvalue weighted by atomic mass is 79.9. The molecule has 56 heavy (non-hydrogen) atoms. The molecule has 0 radical (unpaired) electrons. The summed E-state index contributed by atoms with van der Waals surface area (Å²) in [6.07, 6.45) is 1.41. The Labute approximate surface area is 339 Å². The number of hydrogen-bond donors (Lipinski definition) is 2. The second-order valence-corrected chi connectivity index (χ2v) is 22.1. The molecule has 0 bridgehead atoms. The van der Waals surface area contributed by atoms with E-state index in [4.69, 9.17) is 9.08 Å². The molecular weight excluding hydrogens is 783 g/mol. The van der Waals surface area contributed by atoms with Gasteiger partial charge in [0.25, 0.3) is 8.32 Å². The lowest BCUT2D eigenvalue weighted by molar-refractivity contribution is -0.144. The molecule has 4 aromatic rings. The lowest BCUT2D eigenvalue weighted by Crippen LogP contribution is -2.66. The quantitative estimate of drug-likeness (QED) is 0.142. The van der Waals surface area contributed by atoms with E-state index in [1.54, 1.807) is 23.1 Å². The van der Waals surface area contributed by atoms with Gasteiger partial charge >= 0.3 is 7.12 Å². The molecule has 4 atom stereocenters. The molecule has 8 nitrogen and oxygen atoms in total. The van der Waals surface area contributed by atoms with Crippen LogP contribution in [0.15, 0.2) is 125 Å². The first-order valence-corrected chi connectivity index (χ1v) is 22.6. The lowest BCUT2D eigenvalue weighted by atomic mass is 9.55. The number of phenolic OH excluding ortho intramolecular Hbond substituents is 1. The highest BCUT2D eigenvalue weighted by Gasteiger charge is 2.60. The minimum Gasteiger partial charge on any atom is -0.508 e. The summed E-state index contributed by atoms with van der Waals surface area (Å²) in [7, 11) is -4.33. The summed E-state index contributed by atoms with van der Waals surface area (Å²) in [5, 5.41) is 24.9. The van der Waals surface area contributed by atoms with Crippen molar-refractivity contribution in [1.82, 2.24) is 9.80 Å². The molecule has 3 saturated heterocycles. The number of nitrogens with zero attached hydrogens (tertiary/aromatic N) is 2. The van der Waals surface area contributed by atoms with Crippen LogP contribution in [0, 0.1) is 17.8 Å². The molecule has 0 spiro atoms. The number of fused-ring (bicyclic) bond motifs is 3. The second kappa shape index (κ2) is 15.8. The maximum Gasteiger partial charge on any atom is 0.487 e. The van der Waals surface area contributed by atoms with Gasteiger partial charge in [-0.2, -0.15) is 0 Å². The standard InChI is InChI=1S/C45H50BBrN2O6Si/c1-45(2,3)56(34-15-9-5-10-16-34,35-17-11-6-12-18-35)54-29-31-25-38-41(37-27-40(55-46(53)42(31)37)36-26-32(47)19-20-39(36)50)44(52)49(43(38)51)33-21-23-48(24-22-33)28-30-13-7-4-8-14-30/h4-20,26,33,37-38,40-41,50,53H,21-25,27-29H2,1-3H3/t37-,38-,40-,41+/m0/s1. The van der Waals surface area contributed by atoms with E-state index in [1.165, 1.54) is 5.56 Å². The molecule has 0 unspecified atom stereocenters. The summed E-state index contributed by atoms with van der Waals surface area (Å²) in [5.74, 6) is -1.89. The molecule has 1 aliphatic carbocycles. The zero-order chi connectivity index (χ0) is 39.2. The second-order valence-electron chi connectivity index (χ2n) is 16.9. The summed E-state index contributed by atoms with van der Waals surface area (Å²) < 4.78 is 14.5. The van der Waals surface area contributed by atoms with Crippen molar-refractivity contribution in [2.24, 2.45) is 17.8 Å². The van der Waals surface area contributed by atoms with Crippen molar-refractivity contribution in [2.45, 2.75) is 70.2 Å². The minimum absolute atomic E-state index is 0.0538. The molecule has 3 fully saturated rings. The number of piperidine rings is 1. The number of halogens is 1. The first-order chi connectivity index (χ1) is 27.0. The van der Waals surface area contributed by atoms with Crippen LogP contribution in [0.1, 0.15) is 63.7 Å². The predicted molar refractivity (Wildman–Crippen MR) is 225 cm³/mol. The zero-order valence-corrected chi connectivity index (χ0v) is 34.9. The number of carbonyl (C=O) groups is 2. The number of amides is 2. The lowest BCUT2D eigenvalue weighted by Gasteiger charge is -2.45. The fraction of sp³-hybridized carbons (Fsp3) is 0.378. The third-order valence-corrected chi connectivity index (χ3v) is 18.1. The molecule has 3 heterocycles. The number of benzene rings is 4. The number of aromatic hydroxyl groups is 1. The van der Waals surface area contributed by atoms with Crippen LogP contribution in [0.5, 0.6) is 5.75 Å². The number of likely N-dealkylation sites (tertiary alicyclic amines) is 2. The van der Waals surface area contributed by atoms with Crippen LogP contribution in [0.4, 0.5) is 0 Å². The Bertz CT molecular complexity index is 2050. The number of rotatable bonds is 9. The van der Waals surface area contributed by atoms with Crippen molar-refractivity contribution < 1.29 is 28.8 Å². The Hall–Kier alpha value is -3.84. The number of carbonyl (C=O) groups excluding carboxylic acids is 2. The van der Waals surface area contributed by atoms with Gasteiger partial charge in [0.1, 0.15) is 5.75 Å². The summed E-state index contributed by atoms with van der Waals surface area (Å²) in [5.41, 5.74) is 3.26. The molecular formula is C45H50BBrN2O6Si. The van der Waals surface area contributed by atoms with Crippen molar-refractivity contribution >= 4 is 53.6 Å². The molecule has 2 N–H and O–H groups in total. The van der Waals surface area contributed by atoms with Crippen LogP contribution in [-0.2, 0) is 25.2 Å². The van der Waals surface area contributed by atoms with Gasteiger partial charge in [0.05, 0.1) is 24.5 Å². The molecule has 4 aromatic carbocycles. The van der Waals surface area contributed by atoms with E-state index in [1.807, 2.05) is 18.2 Å². The van der Waals surface area contributed by atoms with Crippen LogP contribution in [0.25, 0.3) is 0 Å². The largest absolute Gasteiger partial charge is 0.508 e. The minimum atomic E-state index is -2.99. The van der Waals surface area contributed by atoms with E-state index < -0.39 is 39.3 Å². The average molecular weight is 834 g/mol. The Kier molecular flexibility index (Phi) is 11.0. The van der Waals surface area contributed by atoms with Gasteiger partial charge in [0, 0.05) is 35.7 Å². The van der Waals surface area contributed by atoms with Crippen LogP contribution >= 0.6 is 15.9 Å². The summed E-state index contributed by atoms with van der Waals surface area (Å²) in [4.78, 5) is 33.4. The van der Waals surface area contributed by atoms with Gasteiger partial charge < -0.3 is 19.2 Å². The topological polar surface area (TPSA) is 99.5 Å². The molecule has 3 aliphatic heterocycles. The molecule has 0 saturated carbocycles. The van der Waals surface area contributed by atoms with Gasteiger partial charge in [-0.15, -0.1) is 0 Å². The van der Waals surface area contributed by atoms with Crippen molar-refractivity contribution in [3.63, 3.8) is 0 Å². The Morgan fingerprint density at radius 2 is 1.46 bits per heavy atom. The maximum atomic E-state index is 14.7. The number of phenols is 1. The van der Waals surface area contributed by atoms with E-state index in [9.17, 15) is 19.7 Å². The highest BCUT2D eigenvalue weighted by Crippen LogP contribution is 2.53. The van der Waals surface area contributed by atoms with Crippen molar-refractivity contribution in [3.8, 4) is 5.75 Å². The fourth-order valence-corrected chi connectivity index (χ4v) is 15.0. The summed E-state index contributed by atoms with van der Waals surface area (Å²) >= 11 is 3.53. The number of imide groups is 1. The van der Waals surface area contributed by atoms with Crippen LogP contribution in [0.3, 0.4) is 0 Å². The van der Waals surface area contributed by atoms with Gasteiger partial charge in [0.2, 0.25) is 11.8 Å². The molecule has 0 aromatic heterocycles. The van der Waals surface area contributed by atoms with Gasteiger partial charge in [-0.1, -0.05) is 128 Å².